The van der Waals surface area contributed by atoms with Gasteiger partial charge in [0.2, 0.25) is 0 Å². The molecular formula is C8H15NO4. The molecule has 3 unspecified atom stereocenters. The molecule has 1 rings (SSSR count). The minimum atomic E-state index is -1.01. The van der Waals surface area contributed by atoms with E-state index in [0.717, 1.165) is 0 Å². The first-order chi connectivity index (χ1) is 6.16. The maximum atomic E-state index is 11.2. The average molecular weight is 189 g/mol. The number of aliphatic hydroxyl groups is 2. The molecular weight excluding hydrogens is 174 g/mol. The van der Waals surface area contributed by atoms with E-state index in [0.29, 0.717) is 13.1 Å². The molecule has 0 aromatic heterocycles. The number of hydrogen-bond donors (Lipinski definition) is 3. The van der Waals surface area contributed by atoms with Crippen molar-refractivity contribution in [1.82, 2.24) is 5.32 Å². The fraction of sp³-hybridized carbons (Fsp3) is 0.875. The van der Waals surface area contributed by atoms with E-state index in [1.165, 1.54) is 0 Å². The van der Waals surface area contributed by atoms with Crippen LogP contribution in [-0.4, -0.2) is 48.1 Å². The van der Waals surface area contributed by atoms with Crippen molar-refractivity contribution in [3.63, 3.8) is 0 Å². The first kappa shape index (κ1) is 10.4. The number of nitrogens with one attached hydrogen (secondary N) is 1. The highest BCUT2D eigenvalue weighted by atomic mass is 16.5. The molecule has 5 heteroatoms. The number of β-amino-alcohol motifs (C(OH)–C–C–N with tert-alkyl or cyclic N) is 1. The SMILES string of the molecule is CCOC(=O)C1CNCC(O)C1O. The van der Waals surface area contributed by atoms with E-state index >= 15 is 0 Å². The van der Waals surface area contributed by atoms with Crippen molar-refractivity contribution in [2.75, 3.05) is 19.7 Å². The molecule has 1 fully saturated rings. The summed E-state index contributed by atoms with van der Waals surface area (Å²) in [4.78, 5) is 11.2. The minimum Gasteiger partial charge on any atom is -0.466 e. The number of carbonyl (C=O) groups is 1. The molecule has 0 radical (unpaired) electrons. The Labute approximate surface area is 76.7 Å². The zero-order valence-corrected chi connectivity index (χ0v) is 7.56. The molecule has 0 amide bonds. The quantitative estimate of drug-likeness (QED) is 0.460. The van der Waals surface area contributed by atoms with Gasteiger partial charge in [0.15, 0.2) is 0 Å². The van der Waals surface area contributed by atoms with Crippen molar-refractivity contribution < 1.29 is 19.7 Å². The summed E-state index contributed by atoms with van der Waals surface area (Å²) in [6.07, 6.45) is -1.90. The fourth-order valence-electron chi connectivity index (χ4n) is 1.37. The molecule has 3 N–H and O–H groups in total. The van der Waals surface area contributed by atoms with Crippen LogP contribution in [0.3, 0.4) is 0 Å². The van der Waals surface area contributed by atoms with Crippen molar-refractivity contribution in [3.8, 4) is 0 Å². The Morgan fingerprint density at radius 2 is 2.23 bits per heavy atom. The third-order valence-electron chi connectivity index (χ3n) is 2.11. The van der Waals surface area contributed by atoms with Crippen LogP contribution in [0.2, 0.25) is 0 Å². The fourth-order valence-corrected chi connectivity index (χ4v) is 1.37. The molecule has 0 aliphatic carbocycles. The van der Waals surface area contributed by atoms with Crippen molar-refractivity contribution >= 4 is 5.97 Å². The lowest BCUT2D eigenvalue weighted by atomic mass is 9.94. The summed E-state index contributed by atoms with van der Waals surface area (Å²) >= 11 is 0. The Bertz CT molecular complexity index is 185. The van der Waals surface area contributed by atoms with Crippen LogP contribution < -0.4 is 5.32 Å². The third-order valence-corrected chi connectivity index (χ3v) is 2.11. The lowest BCUT2D eigenvalue weighted by Crippen LogP contribution is -2.53. The van der Waals surface area contributed by atoms with Crippen molar-refractivity contribution in [2.24, 2.45) is 5.92 Å². The largest absolute Gasteiger partial charge is 0.466 e. The molecule has 1 aliphatic rings. The Morgan fingerprint density at radius 3 is 2.85 bits per heavy atom. The van der Waals surface area contributed by atoms with Crippen LogP contribution in [-0.2, 0) is 9.53 Å². The summed E-state index contributed by atoms with van der Waals surface area (Å²) in [6, 6.07) is 0. The first-order valence-corrected chi connectivity index (χ1v) is 4.40. The van der Waals surface area contributed by atoms with E-state index in [2.05, 4.69) is 5.32 Å². The number of hydrogen-bond acceptors (Lipinski definition) is 5. The van der Waals surface area contributed by atoms with E-state index < -0.39 is 24.1 Å². The van der Waals surface area contributed by atoms with Gasteiger partial charge in [0, 0.05) is 13.1 Å². The summed E-state index contributed by atoms with van der Waals surface area (Å²) in [7, 11) is 0. The standard InChI is InChI=1S/C8H15NO4/c1-2-13-8(12)5-3-9-4-6(10)7(5)11/h5-7,9-11H,2-4H2,1H3. The third kappa shape index (κ3) is 2.40. The van der Waals surface area contributed by atoms with E-state index in [1.807, 2.05) is 0 Å². The summed E-state index contributed by atoms with van der Waals surface area (Å²) in [5, 5.41) is 21.5. The molecule has 0 bridgehead atoms. The van der Waals surface area contributed by atoms with E-state index in [1.54, 1.807) is 6.92 Å². The highest BCUT2D eigenvalue weighted by molar-refractivity contribution is 5.73. The van der Waals surface area contributed by atoms with Crippen LogP contribution in [0.4, 0.5) is 0 Å². The number of aliphatic hydroxyl groups excluding tert-OH is 2. The predicted octanol–water partition coefficient (Wildman–Crippen LogP) is -1.51. The Morgan fingerprint density at radius 1 is 1.54 bits per heavy atom. The molecule has 0 spiro atoms. The van der Waals surface area contributed by atoms with Gasteiger partial charge in [-0.25, -0.2) is 0 Å². The summed E-state index contributed by atoms with van der Waals surface area (Å²) in [5.41, 5.74) is 0. The zero-order valence-electron chi connectivity index (χ0n) is 7.56. The van der Waals surface area contributed by atoms with Crippen molar-refractivity contribution in [3.05, 3.63) is 0 Å². The van der Waals surface area contributed by atoms with Gasteiger partial charge < -0.3 is 20.3 Å². The van der Waals surface area contributed by atoms with Gasteiger partial charge in [-0.3, -0.25) is 4.79 Å². The molecule has 5 nitrogen and oxygen atoms in total. The number of esters is 1. The molecule has 0 aromatic carbocycles. The van der Waals surface area contributed by atoms with Gasteiger partial charge >= 0.3 is 5.97 Å². The van der Waals surface area contributed by atoms with Gasteiger partial charge in [-0.05, 0) is 6.92 Å². The molecule has 0 saturated carbocycles. The molecule has 1 aliphatic heterocycles. The topological polar surface area (TPSA) is 78.8 Å². The maximum absolute atomic E-state index is 11.2. The monoisotopic (exact) mass is 189 g/mol. The van der Waals surface area contributed by atoms with E-state index in [-0.39, 0.29) is 6.61 Å². The van der Waals surface area contributed by atoms with Gasteiger partial charge in [-0.1, -0.05) is 0 Å². The second kappa shape index (κ2) is 4.55. The van der Waals surface area contributed by atoms with Gasteiger partial charge in [-0.2, -0.15) is 0 Å². The van der Waals surface area contributed by atoms with E-state index in [4.69, 9.17) is 4.74 Å². The second-order valence-electron chi connectivity index (χ2n) is 3.07. The first-order valence-electron chi connectivity index (χ1n) is 4.40. The van der Waals surface area contributed by atoms with Gasteiger partial charge in [0.05, 0.1) is 24.7 Å². The maximum Gasteiger partial charge on any atom is 0.312 e. The number of rotatable bonds is 2. The van der Waals surface area contributed by atoms with Crippen molar-refractivity contribution in [2.45, 2.75) is 19.1 Å². The Kier molecular flexibility index (Phi) is 3.65. The minimum absolute atomic E-state index is 0.290. The Hall–Kier alpha value is -0.650. The number of piperidine rings is 1. The molecule has 3 atom stereocenters. The lowest BCUT2D eigenvalue weighted by Gasteiger charge is -2.30. The van der Waals surface area contributed by atoms with Crippen molar-refractivity contribution in [1.29, 1.82) is 0 Å². The van der Waals surface area contributed by atoms with E-state index in [9.17, 15) is 15.0 Å². The molecule has 13 heavy (non-hydrogen) atoms. The molecule has 0 aromatic rings. The van der Waals surface area contributed by atoms with Gasteiger partial charge in [-0.15, -0.1) is 0 Å². The smallest absolute Gasteiger partial charge is 0.312 e. The Balaban J connectivity index is 2.52. The van der Waals surface area contributed by atoms with Gasteiger partial charge in [0.25, 0.3) is 0 Å². The number of carbonyl (C=O) groups excluding carboxylic acids is 1. The molecule has 76 valence electrons. The number of ether oxygens (including phenoxy) is 1. The summed E-state index contributed by atoms with van der Waals surface area (Å²) in [6.45, 7) is 2.67. The summed E-state index contributed by atoms with van der Waals surface area (Å²) in [5.74, 6) is -1.11. The summed E-state index contributed by atoms with van der Waals surface area (Å²) < 4.78 is 4.75. The zero-order chi connectivity index (χ0) is 9.84. The molecule has 1 heterocycles. The highest BCUT2D eigenvalue weighted by Crippen LogP contribution is 2.13. The van der Waals surface area contributed by atoms with Crippen LogP contribution in [0.5, 0.6) is 0 Å². The van der Waals surface area contributed by atoms with Crippen LogP contribution in [0.1, 0.15) is 6.92 Å². The lowest BCUT2D eigenvalue weighted by molar-refractivity contribution is -0.157. The van der Waals surface area contributed by atoms with Crippen LogP contribution in [0.15, 0.2) is 0 Å². The predicted molar refractivity (Wildman–Crippen MR) is 45.0 cm³/mol. The second-order valence-corrected chi connectivity index (χ2v) is 3.07. The van der Waals surface area contributed by atoms with Crippen LogP contribution >= 0.6 is 0 Å². The highest BCUT2D eigenvalue weighted by Gasteiger charge is 2.36. The van der Waals surface area contributed by atoms with Crippen LogP contribution in [0.25, 0.3) is 0 Å². The normalized spacial score (nSPS) is 34.2. The molecule has 1 saturated heterocycles. The van der Waals surface area contributed by atoms with Crippen LogP contribution in [0, 0.1) is 5.92 Å². The average Bonchev–Trinajstić information content (AvgIpc) is 2.10. The van der Waals surface area contributed by atoms with Gasteiger partial charge in [0.1, 0.15) is 0 Å².